The van der Waals surface area contributed by atoms with Crippen LogP contribution >= 0.6 is 11.6 Å². The van der Waals surface area contributed by atoms with E-state index in [1.807, 2.05) is 0 Å². The Morgan fingerprint density at radius 3 is 2.44 bits per heavy atom. The predicted molar refractivity (Wildman–Crippen MR) is 68.8 cm³/mol. The van der Waals surface area contributed by atoms with Gasteiger partial charge in [0.1, 0.15) is 0 Å². The molecule has 0 spiro atoms. The van der Waals surface area contributed by atoms with E-state index in [-0.39, 0.29) is 17.4 Å². The minimum atomic E-state index is -0.0697. The maximum atomic E-state index is 12.3. The fourth-order valence-electron chi connectivity index (χ4n) is 2.64. The first-order valence-electron chi connectivity index (χ1n) is 6.55. The molecule has 3 heteroatoms. The van der Waals surface area contributed by atoms with Gasteiger partial charge in [0.15, 0.2) is 0 Å². The van der Waals surface area contributed by atoms with Gasteiger partial charge in [0.05, 0.1) is 0 Å². The second-order valence-electron chi connectivity index (χ2n) is 4.90. The van der Waals surface area contributed by atoms with Crippen molar-refractivity contribution in [1.82, 2.24) is 5.32 Å². The number of hydrogen-bond donors (Lipinski definition) is 1. The molecule has 1 unspecified atom stereocenters. The van der Waals surface area contributed by atoms with Gasteiger partial charge >= 0.3 is 0 Å². The number of amides is 1. The summed E-state index contributed by atoms with van der Waals surface area (Å²) < 4.78 is 0. The third-order valence-corrected chi connectivity index (χ3v) is 4.22. The van der Waals surface area contributed by atoms with Crippen molar-refractivity contribution in [1.29, 1.82) is 0 Å². The molecule has 1 fully saturated rings. The Hall–Kier alpha value is -0.240. The first kappa shape index (κ1) is 13.8. The van der Waals surface area contributed by atoms with Crippen molar-refractivity contribution in [3.63, 3.8) is 0 Å². The molecule has 0 saturated heterocycles. The van der Waals surface area contributed by atoms with Crippen LogP contribution in [0.25, 0.3) is 0 Å². The van der Waals surface area contributed by atoms with E-state index in [0.717, 1.165) is 32.1 Å². The van der Waals surface area contributed by atoms with Gasteiger partial charge in [-0.3, -0.25) is 4.79 Å². The molecule has 0 heterocycles. The maximum absolute atomic E-state index is 12.3. The van der Waals surface area contributed by atoms with Crippen LogP contribution in [0.3, 0.4) is 0 Å². The van der Waals surface area contributed by atoms with Gasteiger partial charge in [0.25, 0.3) is 0 Å². The highest BCUT2D eigenvalue weighted by Crippen LogP contribution is 2.41. The van der Waals surface area contributed by atoms with Crippen LogP contribution in [-0.2, 0) is 4.79 Å². The average Bonchev–Trinajstić information content (AvgIpc) is 2.78. The van der Waals surface area contributed by atoms with Gasteiger partial charge in [0, 0.05) is 17.3 Å². The molecule has 0 radical (unpaired) electrons. The molecule has 1 amide bonds. The van der Waals surface area contributed by atoms with Crippen molar-refractivity contribution in [2.45, 2.75) is 64.8 Å². The lowest BCUT2D eigenvalue weighted by Gasteiger charge is -2.28. The highest BCUT2D eigenvalue weighted by atomic mass is 35.5. The van der Waals surface area contributed by atoms with Crippen LogP contribution < -0.4 is 5.32 Å². The van der Waals surface area contributed by atoms with E-state index in [1.54, 1.807) is 0 Å². The van der Waals surface area contributed by atoms with Gasteiger partial charge < -0.3 is 5.32 Å². The van der Waals surface area contributed by atoms with Gasteiger partial charge in [-0.2, -0.15) is 0 Å². The van der Waals surface area contributed by atoms with Crippen molar-refractivity contribution in [2.24, 2.45) is 5.41 Å². The van der Waals surface area contributed by atoms with Crippen LogP contribution in [0.2, 0.25) is 0 Å². The number of carbonyl (C=O) groups excluding carboxylic acids is 1. The first-order valence-corrected chi connectivity index (χ1v) is 7.09. The number of halogens is 1. The Balaban J connectivity index is 2.54. The van der Waals surface area contributed by atoms with E-state index < -0.39 is 0 Å². The van der Waals surface area contributed by atoms with Crippen molar-refractivity contribution in [3.8, 4) is 0 Å². The van der Waals surface area contributed by atoms with Crippen LogP contribution in [-0.4, -0.2) is 17.8 Å². The standard InChI is InChI=1S/C13H24ClNO/c1-3-11(7-10-14)15-12(16)13(4-2)8-5-6-9-13/h11H,3-10H2,1-2H3,(H,15,16). The Bertz CT molecular complexity index is 224. The van der Waals surface area contributed by atoms with Gasteiger partial charge in [-0.15, -0.1) is 11.6 Å². The number of alkyl halides is 1. The van der Waals surface area contributed by atoms with E-state index >= 15 is 0 Å². The molecule has 1 aliphatic carbocycles. The topological polar surface area (TPSA) is 29.1 Å². The van der Waals surface area contributed by atoms with E-state index in [4.69, 9.17) is 11.6 Å². The summed E-state index contributed by atoms with van der Waals surface area (Å²) >= 11 is 5.74. The van der Waals surface area contributed by atoms with Gasteiger partial charge in [0.2, 0.25) is 5.91 Å². The van der Waals surface area contributed by atoms with Crippen LogP contribution in [0.1, 0.15) is 58.8 Å². The molecule has 94 valence electrons. The summed E-state index contributed by atoms with van der Waals surface area (Å²) in [5.41, 5.74) is -0.0697. The fourth-order valence-corrected chi connectivity index (χ4v) is 2.90. The highest BCUT2D eigenvalue weighted by molar-refractivity contribution is 6.17. The number of rotatable bonds is 6. The van der Waals surface area contributed by atoms with E-state index in [0.29, 0.717) is 5.88 Å². The molecule has 1 atom stereocenters. The Morgan fingerprint density at radius 1 is 1.38 bits per heavy atom. The molecule has 2 nitrogen and oxygen atoms in total. The molecule has 0 aliphatic heterocycles. The quantitative estimate of drug-likeness (QED) is 0.714. The van der Waals surface area contributed by atoms with Crippen LogP contribution in [0.15, 0.2) is 0 Å². The number of carbonyl (C=O) groups is 1. The lowest BCUT2D eigenvalue weighted by atomic mass is 9.82. The maximum Gasteiger partial charge on any atom is 0.226 e. The minimum Gasteiger partial charge on any atom is -0.353 e. The molecule has 1 rings (SSSR count). The third kappa shape index (κ3) is 3.13. The molecule has 0 aromatic rings. The number of nitrogens with one attached hydrogen (secondary N) is 1. The largest absolute Gasteiger partial charge is 0.353 e. The lowest BCUT2D eigenvalue weighted by Crippen LogP contribution is -2.44. The summed E-state index contributed by atoms with van der Waals surface area (Å²) in [4.78, 5) is 12.3. The molecule has 0 aromatic carbocycles. The predicted octanol–water partition coefficient (Wildman–Crippen LogP) is 3.48. The third-order valence-electron chi connectivity index (χ3n) is 4.00. The zero-order valence-corrected chi connectivity index (χ0v) is 11.3. The summed E-state index contributed by atoms with van der Waals surface area (Å²) in [6.45, 7) is 4.23. The summed E-state index contributed by atoms with van der Waals surface area (Å²) in [6.07, 6.45) is 7.35. The average molecular weight is 246 g/mol. The van der Waals surface area contributed by atoms with Gasteiger partial charge in [-0.1, -0.05) is 26.7 Å². The Kier molecular flexibility index (Phi) is 5.60. The van der Waals surface area contributed by atoms with Crippen molar-refractivity contribution in [2.75, 3.05) is 5.88 Å². The summed E-state index contributed by atoms with van der Waals surface area (Å²) in [5, 5.41) is 3.18. The molecule has 0 bridgehead atoms. The van der Waals surface area contributed by atoms with Gasteiger partial charge in [-0.25, -0.2) is 0 Å². The zero-order chi connectivity index (χ0) is 12.0. The van der Waals surface area contributed by atoms with Gasteiger partial charge in [-0.05, 0) is 32.1 Å². The van der Waals surface area contributed by atoms with Crippen LogP contribution in [0.4, 0.5) is 0 Å². The Labute approximate surface area is 104 Å². The Morgan fingerprint density at radius 2 is 2.00 bits per heavy atom. The zero-order valence-electron chi connectivity index (χ0n) is 10.5. The summed E-state index contributed by atoms with van der Waals surface area (Å²) in [5.74, 6) is 0.891. The fraction of sp³-hybridized carbons (Fsp3) is 0.923. The first-order chi connectivity index (χ1) is 7.68. The van der Waals surface area contributed by atoms with E-state index in [9.17, 15) is 4.79 Å². The van der Waals surface area contributed by atoms with E-state index in [1.165, 1.54) is 12.8 Å². The number of hydrogen-bond acceptors (Lipinski definition) is 1. The minimum absolute atomic E-state index is 0.0697. The molecule has 16 heavy (non-hydrogen) atoms. The smallest absolute Gasteiger partial charge is 0.226 e. The molecule has 1 N–H and O–H groups in total. The van der Waals surface area contributed by atoms with Crippen molar-refractivity contribution >= 4 is 17.5 Å². The molecule has 0 aromatic heterocycles. The monoisotopic (exact) mass is 245 g/mol. The molecular formula is C13H24ClNO. The summed E-state index contributed by atoms with van der Waals surface area (Å²) in [7, 11) is 0. The normalized spacial score (nSPS) is 20.7. The SMILES string of the molecule is CCC(CCCl)NC(=O)C1(CC)CCCC1. The van der Waals surface area contributed by atoms with E-state index in [2.05, 4.69) is 19.2 Å². The summed E-state index contributed by atoms with van der Waals surface area (Å²) in [6, 6.07) is 0.258. The van der Waals surface area contributed by atoms with Crippen molar-refractivity contribution in [3.05, 3.63) is 0 Å². The second kappa shape index (κ2) is 6.48. The van der Waals surface area contributed by atoms with Crippen LogP contribution in [0.5, 0.6) is 0 Å². The lowest BCUT2D eigenvalue weighted by molar-refractivity contribution is -0.131. The van der Waals surface area contributed by atoms with Crippen LogP contribution in [0, 0.1) is 5.41 Å². The highest BCUT2D eigenvalue weighted by Gasteiger charge is 2.39. The second-order valence-corrected chi connectivity index (χ2v) is 5.28. The van der Waals surface area contributed by atoms with Crippen molar-refractivity contribution < 1.29 is 4.79 Å². The molecule has 1 aliphatic rings. The molecule has 1 saturated carbocycles. The molecular weight excluding hydrogens is 222 g/mol.